The molecule has 0 unspecified atom stereocenters. The van der Waals surface area contributed by atoms with Crippen LogP contribution in [0.25, 0.3) is 0 Å². The molecule has 4 fully saturated rings. The van der Waals surface area contributed by atoms with Gasteiger partial charge in [0.1, 0.15) is 0 Å². The fourth-order valence-electron chi connectivity index (χ4n) is 6.17. The Kier molecular flexibility index (Phi) is 3.52. The van der Waals surface area contributed by atoms with Gasteiger partial charge in [-0.05, 0) is 70.1 Å². The topological polar surface area (TPSA) is 64.7 Å². The zero-order valence-electron chi connectivity index (χ0n) is 15.6. The predicted octanol–water partition coefficient (Wildman–Crippen LogP) is 3.59. The molecule has 138 valence electrons. The second-order valence-corrected chi connectivity index (χ2v) is 8.70. The third-order valence-corrected chi connectivity index (χ3v) is 6.97. The molecule has 0 spiro atoms. The van der Waals surface area contributed by atoms with Gasteiger partial charge in [-0.25, -0.2) is 0 Å². The number of amides is 1. The highest BCUT2D eigenvalue weighted by molar-refractivity contribution is 6.04. The van der Waals surface area contributed by atoms with Crippen molar-refractivity contribution in [2.24, 2.45) is 17.8 Å². The van der Waals surface area contributed by atoms with Gasteiger partial charge in [0, 0.05) is 24.5 Å². The van der Waals surface area contributed by atoms with E-state index >= 15 is 0 Å². The Bertz CT molecular complexity index is 813. The summed E-state index contributed by atoms with van der Waals surface area (Å²) in [5.41, 5.74) is 1.71. The first-order chi connectivity index (χ1) is 12.6. The van der Waals surface area contributed by atoms with Gasteiger partial charge < -0.3 is 5.32 Å². The van der Waals surface area contributed by atoms with E-state index in [0.29, 0.717) is 11.4 Å². The van der Waals surface area contributed by atoms with Crippen LogP contribution >= 0.6 is 0 Å². The molecule has 2 heterocycles. The number of carbonyl (C=O) groups excluding carboxylic acids is 1. The predicted molar refractivity (Wildman–Crippen MR) is 99.0 cm³/mol. The van der Waals surface area contributed by atoms with Gasteiger partial charge >= 0.3 is 0 Å². The van der Waals surface area contributed by atoms with Crippen molar-refractivity contribution in [3.8, 4) is 0 Å². The quantitative estimate of drug-likeness (QED) is 0.913. The molecule has 26 heavy (non-hydrogen) atoms. The van der Waals surface area contributed by atoms with E-state index < -0.39 is 0 Å². The van der Waals surface area contributed by atoms with Crippen molar-refractivity contribution in [2.75, 3.05) is 5.32 Å². The van der Waals surface area contributed by atoms with Crippen LogP contribution in [0.15, 0.2) is 18.5 Å². The third-order valence-electron chi connectivity index (χ3n) is 6.97. The van der Waals surface area contributed by atoms with E-state index in [9.17, 15) is 4.79 Å². The summed E-state index contributed by atoms with van der Waals surface area (Å²) < 4.78 is 4.01. The number of hydrogen-bond acceptors (Lipinski definition) is 3. The lowest BCUT2D eigenvalue weighted by Crippen LogP contribution is -2.52. The molecule has 0 radical (unpaired) electrons. The number of nitrogens with zero attached hydrogens (tertiary/aromatic N) is 4. The number of aryl methyl sites for hydroxylation is 1. The van der Waals surface area contributed by atoms with Crippen LogP contribution in [0.3, 0.4) is 0 Å². The van der Waals surface area contributed by atoms with Crippen molar-refractivity contribution in [1.29, 1.82) is 0 Å². The van der Waals surface area contributed by atoms with E-state index in [-0.39, 0.29) is 11.4 Å². The molecular formula is C20H27N5O. The van der Waals surface area contributed by atoms with Gasteiger partial charge in [-0.15, -0.1) is 0 Å². The van der Waals surface area contributed by atoms with Gasteiger partial charge in [-0.3, -0.25) is 14.2 Å². The van der Waals surface area contributed by atoms with Crippen LogP contribution < -0.4 is 5.32 Å². The summed E-state index contributed by atoms with van der Waals surface area (Å²) in [6.07, 6.45) is 11.8. The average Bonchev–Trinajstić information content (AvgIpc) is 3.20. The Morgan fingerprint density at radius 2 is 1.88 bits per heavy atom. The van der Waals surface area contributed by atoms with Crippen LogP contribution in [0.5, 0.6) is 0 Å². The highest BCUT2D eigenvalue weighted by atomic mass is 16.1. The van der Waals surface area contributed by atoms with Crippen LogP contribution in [-0.2, 0) is 12.1 Å². The molecule has 4 aliphatic rings. The third kappa shape index (κ3) is 2.42. The highest BCUT2D eigenvalue weighted by Crippen LogP contribution is 2.58. The number of anilines is 1. The number of nitrogens with one attached hydrogen (secondary N) is 1. The van der Waals surface area contributed by atoms with Crippen molar-refractivity contribution in [3.63, 3.8) is 0 Å². The van der Waals surface area contributed by atoms with Crippen molar-refractivity contribution < 1.29 is 4.79 Å². The molecule has 0 aromatic carbocycles. The summed E-state index contributed by atoms with van der Waals surface area (Å²) in [5, 5.41) is 12.0. The molecule has 6 rings (SSSR count). The Labute approximate surface area is 154 Å². The van der Waals surface area contributed by atoms with Crippen molar-refractivity contribution in [2.45, 2.75) is 64.5 Å². The van der Waals surface area contributed by atoms with Gasteiger partial charge in [0.05, 0.1) is 17.3 Å². The van der Waals surface area contributed by atoms with E-state index in [1.54, 1.807) is 6.20 Å². The van der Waals surface area contributed by atoms with Crippen LogP contribution in [0.2, 0.25) is 0 Å². The molecule has 2 aromatic rings. The maximum absolute atomic E-state index is 12.6. The average molecular weight is 353 g/mol. The molecule has 6 nitrogen and oxygen atoms in total. The molecule has 0 aliphatic heterocycles. The fourth-order valence-corrected chi connectivity index (χ4v) is 6.17. The van der Waals surface area contributed by atoms with Crippen LogP contribution in [0.1, 0.15) is 61.5 Å². The van der Waals surface area contributed by atoms with Gasteiger partial charge in [-0.1, -0.05) is 0 Å². The van der Waals surface area contributed by atoms with E-state index in [1.807, 2.05) is 24.6 Å². The smallest absolute Gasteiger partial charge is 0.260 e. The van der Waals surface area contributed by atoms with E-state index in [2.05, 4.69) is 21.3 Å². The van der Waals surface area contributed by atoms with Crippen LogP contribution in [-0.4, -0.2) is 25.5 Å². The monoisotopic (exact) mass is 353 g/mol. The largest absolute Gasteiger partial charge is 0.305 e. The lowest BCUT2D eigenvalue weighted by atomic mass is 9.53. The van der Waals surface area contributed by atoms with E-state index in [1.165, 1.54) is 38.5 Å². The summed E-state index contributed by atoms with van der Waals surface area (Å²) in [6.45, 7) is 4.72. The molecule has 6 heteroatoms. The zero-order valence-corrected chi connectivity index (χ0v) is 15.6. The Morgan fingerprint density at radius 1 is 1.23 bits per heavy atom. The van der Waals surface area contributed by atoms with Crippen molar-refractivity contribution in [1.82, 2.24) is 19.6 Å². The minimum Gasteiger partial charge on any atom is -0.305 e. The van der Waals surface area contributed by atoms with Crippen LogP contribution in [0.4, 0.5) is 5.82 Å². The van der Waals surface area contributed by atoms with E-state index in [4.69, 9.17) is 5.10 Å². The molecule has 1 amide bonds. The molecule has 4 aliphatic carbocycles. The maximum atomic E-state index is 12.6. The zero-order chi connectivity index (χ0) is 17.9. The molecule has 4 saturated carbocycles. The minimum atomic E-state index is -0.127. The Balaban J connectivity index is 1.36. The first kappa shape index (κ1) is 16.1. The number of hydrogen-bond donors (Lipinski definition) is 1. The van der Waals surface area contributed by atoms with Gasteiger partial charge in [0.15, 0.2) is 5.82 Å². The molecular weight excluding hydrogens is 326 g/mol. The summed E-state index contributed by atoms with van der Waals surface area (Å²) in [4.78, 5) is 12.6. The van der Waals surface area contributed by atoms with Gasteiger partial charge in [0.2, 0.25) is 0 Å². The van der Waals surface area contributed by atoms with Gasteiger partial charge in [-0.2, -0.15) is 10.2 Å². The minimum absolute atomic E-state index is 0.127. The fraction of sp³-hybridized carbons (Fsp3) is 0.650. The summed E-state index contributed by atoms with van der Waals surface area (Å²) >= 11 is 0. The molecule has 0 atom stereocenters. The second kappa shape index (κ2) is 5.69. The lowest BCUT2D eigenvalue weighted by molar-refractivity contribution is -0.0492. The summed E-state index contributed by atoms with van der Waals surface area (Å²) in [5.74, 6) is 3.16. The number of carbonyl (C=O) groups is 1. The number of rotatable bonds is 4. The standard InChI is InChI=1S/C20H27N5O/c1-3-24-13(2)17(12-21-24)19(26)22-18-4-5-25(23-18)20-9-14-6-15(10-20)8-16(7-14)11-20/h4-5,12,14-16H,3,6-11H2,1-2H3,(H,22,23,26). The Morgan fingerprint density at radius 3 is 2.46 bits per heavy atom. The summed E-state index contributed by atoms with van der Waals surface area (Å²) in [7, 11) is 0. The second-order valence-electron chi connectivity index (χ2n) is 8.70. The number of aromatic nitrogens is 4. The van der Waals surface area contributed by atoms with E-state index in [0.717, 1.165) is 30.0 Å². The van der Waals surface area contributed by atoms with Crippen LogP contribution in [0, 0.1) is 24.7 Å². The van der Waals surface area contributed by atoms with Crippen molar-refractivity contribution >= 4 is 11.7 Å². The first-order valence-electron chi connectivity index (χ1n) is 9.96. The SMILES string of the molecule is CCn1ncc(C(=O)Nc2ccn(C34CC5CC(CC(C5)C3)C4)n2)c1C. The first-order valence-corrected chi connectivity index (χ1v) is 9.96. The van der Waals surface area contributed by atoms with Crippen molar-refractivity contribution in [3.05, 3.63) is 29.7 Å². The lowest BCUT2D eigenvalue weighted by Gasteiger charge is -2.56. The Hall–Kier alpha value is -2.11. The normalized spacial score (nSPS) is 32.2. The molecule has 0 saturated heterocycles. The maximum Gasteiger partial charge on any atom is 0.260 e. The highest BCUT2D eigenvalue weighted by Gasteiger charge is 2.52. The summed E-state index contributed by atoms with van der Waals surface area (Å²) in [6, 6.07) is 1.94. The molecule has 4 bridgehead atoms. The molecule has 1 N–H and O–H groups in total. The molecule has 2 aromatic heterocycles. The van der Waals surface area contributed by atoms with Gasteiger partial charge in [0.25, 0.3) is 5.91 Å².